The van der Waals surface area contributed by atoms with Crippen molar-refractivity contribution in [2.24, 2.45) is 0 Å². The lowest BCUT2D eigenvalue weighted by Crippen LogP contribution is -1.99. The summed E-state index contributed by atoms with van der Waals surface area (Å²) in [5.74, 6) is 1.94. The van der Waals surface area contributed by atoms with Gasteiger partial charge in [-0.25, -0.2) is 14.6 Å². The molecule has 1 aromatic carbocycles. The maximum atomic E-state index is 5.36. The van der Waals surface area contributed by atoms with E-state index in [1.54, 1.807) is 43.7 Å². The van der Waals surface area contributed by atoms with Crippen molar-refractivity contribution >= 4 is 11.0 Å². The minimum atomic E-state index is 0.637. The van der Waals surface area contributed by atoms with Gasteiger partial charge in [0.1, 0.15) is 11.0 Å². The van der Waals surface area contributed by atoms with Gasteiger partial charge >= 0.3 is 0 Å². The molecule has 0 aliphatic carbocycles. The lowest BCUT2D eigenvalue weighted by atomic mass is 10.2. The van der Waals surface area contributed by atoms with Crippen molar-refractivity contribution in [3.05, 3.63) is 55.1 Å². The van der Waals surface area contributed by atoms with E-state index >= 15 is 0 Å². The Kier molecular flexibility index (Phi) is 3.74. The van der Waals surface area contributed by atoms with Gasteiger partial charge in [-0.3, -0.25) is 4.98 Å². The first-order chi connectivity index (χ1) is 12.3. The maximum absolute atomic E-state index is 5.36. The van der Waals surface area contributed by atoms with Gasteiger partial charge in [-0.05, 0) is 24.3 Å². The summed E-state index contributed by atoms with van der Waals surface area (Å²) in [5.41, 5.74) is 3.32. The van der Waals surface area contributed by atoms with Crippen molar-refractivity contribution in [1.82, 2.24) is 24.7 Å². The molecule has 3 heterocycles. The SMILES string of the molecule is COc1ccc(-n2ncc3nc(-c4ccncc4)ncc32)cc1OC. The Hall–Kier alpha value is -3.48. The van der Waals surface area contributed by atoms with Crippen LogP contribution in [0.3, 0.4) is 0 Å². The van der Waals surface area contributed by atoms with E-state index in [4.69, 9.17) is 9.47 Å². The second-order valence-corrected chi connectivity index (χ2v) is 5.30. The first-order valence-corrected chi connectivity index (χ1v) is 7.63. The highest BCUT2D eigenvalue weighted by Gasteiger charge is 2.11. The van der Waals surface area contributed by atoms with Gasteiger partial charge in [-0.15, -0.1) is 0 Å². The van der Waals surface area contributed by atoms with Crippen LogP contribution in [0.4, 0.5) is 0 Å². The lowest BCUT2D eigenvalue weighted by molar-refractivity contribution is 0.355. The van der Waals surface area contributed by atoms with Crippen LogP contribution >= 0.6 is 0 Å². The van der Waals surface area contributed by atoms with E-state index in [1.165, 1.54) is 0 Å². The molecule has 4 aromatic rings. The van der Waals surface area contributed by atoms with Gasteiger partial charge in [0.15, 0.2) is 17.3 Å². The van der Waals surface area contributed by atoms with Crippen molar-refractivity contribution < 1.29 is 9.47 Å². The van der Waals surface area contributed by atoms with Crippen LogP contribution < -0.4 is 9.47 Å². The average Bonchev–Trinajstić information content (AvgIpc) is 3.11. The van der Waals surface area contributed by atoms with Gasteiger partial charge in [0.2, 0.25) is 0 Å². The quantitative estimate of drug-likeness (QED) is 0.572. The van der Waals surface area contributed by atoms with Gasteiger partial charge in [0.05, 0.1) is 32.3 Å². The fraction of sp³-hybridized carbons (Fsp3) is 0.111. The summed E-state index contributed by atoms with van der Waals surface area (Å²) in [7, 11) is 3.21. The highest BCUT2D eigenvalue weighted by atomic mass is 16.5. The number of fused-ring (bicyclic) bond motifs is 1. The van der Waals surface area contributed by atoms with E-state index in [0.717, 1.165) is 22.3 Å². The highest BCUT2D eigenvalue weighted by Crippen LogP contribution is 2.30. The summed E-state index contributed by atoms with van der Waals surface area (Å²) in [6, 6.07) is 9.36. The van der Waals surface area contributed by atoms with Gasteiger partial charge < -0.3 is 9.47 Å². The molecule has 0 bridgehead atoms. The largest absolute Gasteiger partial charge is 0.493 e. The molecule has 0 atom stereocenters. The second-order valence-electron chi connectivity index (χ2n) is 5.30. The summed E-state index contributed by atoms with van der Waals surface area (Å²) in [6.07, 6.45) is 6.92. The minimum Gasteiger partial charge on any atom is -0.493 e. The Morgan fingerprint density at radius 1 is 0.920 bits per heavy atom. The lowest BCUT2D eigenvalue weighted by Gasteiger charge is -2.10. The van der Waals surface area contributed by atoms with Crippen LogP contribution in [0.25, 0.3) is 28.1 Å². The van der Waals surface area contributed by atoms with Crippen molar-refractivity contribution in [1.29, 1.82) is 0 Å². The van der Waals surface area contributed by atoms with E-state index in [-0.39, 0.29) is 0 Å². The number of ether oxygens (including phenoxy) is 2. The van der Waals surface area contributed by atoms with Crippen LogP contribution in [0.2, 0.25) is 0 Å². The molecule has 0 aliphatic rings. The van der Waals surface area contributed by atoms with Crippen LogP contribution in [-0.2, 0) is 0 Å². The minimum absolute atomic E-state index is 0.637. The fourth-order valence-electron chi connectivity index (χ4n) is 2.62. The Morgan fingerprint density at radius 2 is 1.72 bits per heavy atom. The Morgan fingerprint density at radius 3 is 2.48 bits per heavy atom. The third kappa shape index (κ3) is 2.65. The predicted octanol–water partition coefficient (Wildman–Crippen LogP) is 2.89. The molecule has 4 rings (SSSR count). The van der Waals surface area contributed by atoms with Crippen LogP contribution in [0.5, 0.6) is 11.5 Å². The number of hydrogen-bond donors (Lipinski definition) is 0. The molecule has 0 unspecified atom stereocenters. The molecule has 0 N–H and O–H groups in total. The van der Waals surface area contributed by atoms with E-state index in [1.807, 2.05) is 30.3 Å². The van der Waals surface area contributed by atoms with E-state index in [9.17, 15) is 0 Å². The second kappa shape index (κ2) is 6.20. The first-order valence-electron chi connectivity index (χ1n) is 7.63. The van der Waals surface area contributed by atoms with Crippen molar-refractivity contribution in [3.8, 4) is 28.6 Å². The third-order valence-corrected chi connectivity index (χ3v) is 3.87. The zero-order valence-electron chi connectivity index (χ0n) is 13.7. The number of benzene rings is 1. The molecule has 7 heteroatoms. The number of methoxy groups -OCH3 is 2. The van der Waals surface area contributed by atoms with Gasteiger partial charge in [-0.1, -0.05) is 0 Å². The summed E-state index contributed by atoms with van der Waals surface area (Å²) in [5, 5.41) is 4.44. The topological polar surface area (TPSA) is 75.0 Å². The average molecular weight is 333 g/mol. The van der Waals surface area contributed by atoms with Crippen molar-refractivity contribution in [2.75, 3.05) is 14.2 Å². The van der Waals surface area contributed by atoms with Crippen LogP contribution in [-0.4, -0.2) is 39.0 Å². The monoisotopic (exact) mass is 333 g/mol. The number of aromatic nitrogens is 5. The van der Waals surface area contributed by atoms with Gasteiger partial charge in [0.25, 0.3) is 0 Å². The molecule has 0 fully saturated rings. The normalized spacial score (nSPS) is 10.8. The molecule has 0 radical (unpaired) electrons. The molecule has 0 saturated carbocycles. The van der Waals surface area contributed by atoms with E-state index in [2.05, 4.69) is 20.1 Å². The van der Waals surface area contributed by atoms with E-state index in [0.29, 0.717) is 17.3 Å². The Bertz CT molecular complexity index is 1030. The Balaban J connectivity index is 1.79. The van der Waals surface area contributed by atoms with Gasteiger partial charge in [0, 0.05) is 24.0 Å². The molecule has 0 spiro atoms. The number of pyridine rings is 1. The first kappa shape index (κ1) is 15.1. The van der Waals surface area contributed by atoms with Crippen LogP contribution in [0.1, 0.15) is 0 Å². The number of rotatable bonds is 4. The van der Waals surface area contributed by atoms with Gasteiger partial charge in [-0.2, -0.15) is 5.10 Å². The molecule has 0 amide bonds. The molecular weight excluding hydrogens is 318 g/mol. The number of hydrogen-bond acceptors (Lipinski definition) is 6. The molecule has 0 aliphatic heterocycles. The summed E-state index contributed by atoms with van der Waals surface area (Å²) >= 11 is 0. The van der Waals surface area contributed by atoms with E-state index < -0.39 is 0 Å². The zero-order chi connectivity index (χ0) is 17.2. The summed E-state index contributed by atoms with van der Waals surface area (Å²) < 4.78 is 12.4. The third-order valence-electron chi connectivity index (χ3n) is 3.87. The summed E-state index contributed by atoms with van der Waals surface area (Å²) in [4.78, 5) is 13.1. The highest BCUT2D eigenvalue weighted by molar-refractivity contribution is 5.77. The Labute approximate surface area is 143 Å². The standard InChI is InChI=1S/C18H15N5O2/c1-24-16-4-3-13(9-17(16)25-2)23-15-11-20-18(22-14(15)10-21-23)12-5-7-19-8-6-12/h3-11H,1-2H3. The molecule has 7 nitrogen and oxygen atoms in total. The predicted molar refractivity (Wildman–Crippen MR) is 93.0 cm³/mol. The maximum Gasteiger partial charge on any atom is 0.162 e. The summed E-state index contributed by atoms with van der Waals surface area (Å²) in [6.45, 7) is 0. The van der Waals surface area contributed by atoms with Crippen LogP contribution in [0, 0.1) is 0 Å². The van der Waals surface area contributed by atoms with Crippen molar-refractivity contribution in [2.45, 2.75) is 0 Å². The molecule has 0 saturated heterocycles. The molecular formula is C18H15N5O2. The van der Waals surface area contributed by atoms with Crippen LogP contribution in [0.15, 0.2) is 55.1 Å². The zero-order valence-corrected chi connectivity index (χ0v) is 13.7. The van der Waals surface area contributed by atoms with Crippen molar-refractivity contribution in [3.63, 3.8) is 0 Å². The smallest absolute Gasteiger partial charge is 0.162 e. The molecule has 3 aromatic heterocycles. The fourth-order valence-corrected chi connectivity index (χ4v) is 2.62. The molecule has 25 heavy (non-hydrogen) atoms. The molecule has 124 valence electrons. The number of nitrogens with zero attached hydrogens (tertiary/aromatic N) is 5.